The second-order valence-electron chi connectivity index (χ2n) is 3.78. The van der Waals surface area contributed by atoms with Crippen LogP contribution in [0.2, 0.25) is 5.02 Å². The summed E-state index contributed by atoms with van der Waals surface area (Å²) in [6.07, 6.45) is 0. The molecule has 5 heteroatoms. The largest absolute Gasteiger partial charge is 0.494 e. The highest BCUT2D eigenvalue weighted by atomic mass is 35.5. The SMILES string of the molecule is COc1cccc(C(=O)c2ccc(Cl)cc2F)c1F. The molecule has 0 spiro atoms. The summed E-state index contributed by atoms with van der Waals surface area (Å²) in [4.78, 5) is 12.1. The molecule has 0 radical (unpaired) electrons. The van der Waals surface area contributed by atoms with E-state index < -0.39 is 17.4 Å². The molecule has 0 unspecified atom stereocenters. The van der Waals surface area contributed by atoms with E-state index >= 15 is 0 Å². The third-order valence-electron chi connectivity index (χ3n) is 2.60. The Kier molecular flexibility index (Phi) is 3.81. The Morgan fingerprint density at radius 3 is 2.53 bits per heavy atom. The van der Waals surface area contributed by atoms with Crippen LogP contribution < -0.4 is 4.74 Å². The predicted octanol–water partition coefficient (Wildman–Crippen LogP) is 3.86. The van der Waals surface area contributed by atoms with Gasteiger partial charge in [-0.05, 0) is 30.3 Å². The van der Waals surface area contributed by atoms with Gasteiger partial charge in [0.1, 0.15) is 5.82 Å². The molecule has 0 aliphatic carbocycles. The number of halogens is 3. The highest BCUT2D eigenvalue weighted by Gasteiger charge is 2.20. The molecule has 2 rings (SSSR count). The van der Waals surface area contributed by atoms with Crippen LogP contribution in [0.1, 0.15) is 15.9 Å². The van der Waals surface area contributed by atoms with E-state index in [1.165, 1.54) is 37.4 Å². The molecule has 0 aliphatic heterocycles. The van der Waals surface area contributed by atoms with Crippen molar-refractivity contribution in [2.24, 2.45) is 0 Å². The molecule has 0 N–H and O–H groups in total. The van der Waals surface area contributed by atoms with Crippen molar-refractivity contribution in [1.82, 2.24) is 0 Å². The van der Waals surface area contributed by atoms with E-state index in [1.807, 2.05) is 0 Å². The van der Waals surface area contributed by atoms with Gasteiger partial charge in [-0.3, -0.25) is 4.79 Å². The van der Waals surface area contributed by atoms with Gasteiger partial charge in [0.15, 0.2) is 17.3 Å². The minimum absolute atomic E-state index is 0.0692. The van der Waals surface area contributed by atoms with Crippen molar-refractivity contribution >= 4 is 17.4 Å². The van der Waals surface area contributed by atoms with E-state index in [0.29, 0.717) is 0 Å². The molecule has 0 amide bonds. The normalized spacial score (nSPS) is 10.3. The predicted molar refractivity (Wildman–Crippen MR) is 67.8 cm³/mol. The number of ether oxygens (including phenoxy) is 1. The van der Waals surface area contributed by atoms with Crippen LogP contribution in [0.15, 0.2) is 36.4 Å². The summed E-state index contributed by atoms with van der Waals surface area (Å²) < 4.78 is 32.3. The van der Waals surface area contributed by atoms with Crippen LogP contribution in [0.4, 0.5) is 8.78 Å². The maximum Gasteiger partial charge on any atom is 0.199 e. The molecule has 0 saturated carbocycles. The minimum Gasteiger partial charge on any atom is -0.494 e. The van der Waals surface area contributed by atoms with E-state index in [4.69, 9.17) is 16.3 Å². The van der Waals surface area contributed by atoms with Crippen molar-refractivity contribution in [1.29, 1.82) is 0 Å². The Hall–Kier alpha value is -1.94. The summed E-state index contributed by atoms with van der Waals surface area (Å²) in [7, 11) is 1.29. The fourth-order valence-corrected chi connectivity index (χ4v) is 1.82. The summed E-state index contributed by atoms with van der Waals surface area (Å²) in [5.74, 6) is -2.44. The monoisotopic (exact) mass is 282 g/mol. The maximum absolute atomic E-state index is 13.9. The van der Waals surface area contributed by atoms with E-state index in [2.05, 4.69) is 0 Å². The number of rotatable bonds is 3. The summed E-state index contributed by atoms with van der Waals surface area (Å²) in [6.45, 7) is 0. The van der Waals surface area contributed by atoms with Crippen LogP contribution in [-0.2, 0) is 0 Å². The Morgan fingerprint density at radius 2 is 1.89 bits per heavy atom. The summed E-state index contributed by atoms with van der Waals surface area (Å²) in [5.41, 5.74) is -0.489. The van der Waals surface area contributed by atoms with E-state index in [9.17, 15) is 13.6 Å². The van der Waals surface area contributed by atoms with E-state index in [-0.39, 0.29) is 21.9 Å². The van der Waals surface area contributed by atoms with E-state index in [0.717, 1.165) is 6.07 Å². The average molecular weight is 283 g/mol. The molecule has 98 valence electrons. The Labute approximate surface area is 113 Å². The van der Waals surface area contributed by atoms with Gasteiger partial charge < -0.3 is 4.74 Å². The molecular formula is C14H9ClF2O2. The quantitative estimate of drug-likeness (QED) is 0.799. The van der Waals surface area contributed by atoms with Crippen LogP contribution in [0, 0.1) is 11.6 Å². The van der Waals surface area contributed by atoms with Crippen molar-refractivity contribution < 1.29 is 18.3 Å². The third-order valence-corrected chi connectivity index (χ3v) is 2.84. The molecule has 0 aromatic heterocycles. The number of hydrogen-bond donors (Lipinski definition) is 0. The molecule has 0 saturated heterocycles. The minimum atomic E-state index is -0.815. The van der Waals surface area contributed by atoms with Crippen molar-refractivity contribution in [3.05, 3.63) is 64.2 Å². The van der Waals surface area contributed by atoms with Gasteiger partial charge in [-0.1, -0.05) is 17.7 Å². The number of hydrogen-bond acceptors (Lipinski definition) is 2. The zero-order valence-corrected chi connectivity index (χ0v) is 10.7. The van der Waals surface area contributed by atoms with Crippen molar-refractivity contribution in [3.8, 4) is 5.75 Å². The average Bonchev–Trinajstić information content (AvgIpc) is 2.38. The molecule has 0 heterocycles. The van der Waals surface area contributed by atoms with Gasteiger partial charge in [0.05, 0.1) is 18.2 Å². The number of benzene rings is 2. The van der Waals surface area contributed by atoms with Gasteiger partial charge in [-0.15, -0.1) is 0 Å². The third kappa shape index (κ3) is 2.58. The lowest BCUT2D eigenvalue weighted by molar-refractivity contribution is 0.103. The number of ketones is 1. The molecule has 19 heavy (non-hydrogen) atoms. The molecule has 2 aromatic carbocycles. The highest BCUT2D eigenvalue weighted by molar-refractivity contribution is 6.30. The van der Waals surface area contributed by atoms with Gasteiger partial charge in [0, 0.05) is 5.02 Å². The Bertz CT molecular complexity index is 641. The van der Waals surface area contributed by atoms with Gasteiger partial charge >= 0.3 is 0 Å². The first kappa shape index (κ1) is 13.5. The molecule has 0 fully saturated rings. The number of carbonyl (C=O) groups excluding carboxylic acids is 1. The lowest BCUT2D eigenvalue weighted by Gasteiger charge is -2.07. The van der Waals surface area contributed by atoms with E-state index in [1.54, 1.807) is 0 Å². The summed E-state index contributed by atoms with van der Waals surface area (Å²) >= 11 is 5.60. The molecule has 2 aromatic rings. The van der Waals surface area contributed by atoms with Gasteiger partial charge in [-0.2, -0.15) is 0 Å². The maximum atomic E-state index is 13.9. The summed E-state index contributed by atoms with van der Waals surface area (Å²) in [6, 6.07) is 7.71. The molecule has 0 bridgehead atoms. The first-order valence-corrected chi connectivity index (χ1v) is 5.74. The van der Waals surface area contributed by atoms with Crippen molar-refractivity contribution in [2.75, 3.05) is 7.11 Å². The zero-order chi connectivity index (χ0) is 14.0. The van der Waals surface area contributed by atoms with Crippen LogP contribution in [0.3, 0.4) is 0 Å². The van der Waals surface area contributed by atoms with Crippen LogP contribution in [-0.4, -0.2) is 12.9 Å². The highest BCUT2D eigenvalue weighted by Crippen LogP contribution is 2.24. The van der Waals surface area contributed by atoms with Crippen LogP contribution in [0.5, 0.6) is 5.75 Å². The Balaban J connectivity index is 2.50. The first-order valence-electron chi connectivity index (χ1n) is 5.37. The lowest BCUT2D eigenvalue weighted by Crippen LogP contribution is -2.07. The fraction of sp³-hybridized carbons (Fsp3) is 0.0714. The Morgan fingerprint density at radius 1 is 1.16 bits per heavy atom. The zero-order valence-electron chi connectivity index (χ0n) is 9.91. The lowest BCUT2D eigenvalue weighted by atomic mass is 10.0. The fourth-order valence-electron chi connectivity index (χ4n) is 1.66. The smallest absolute Gasteiger partial charge is 0.199 e. The summed E-state index contributed by atoms with van der Waals surface area (Å²) in [5, 5.41) is 0.167. The van der Waals surface area contributed by atoms with Crippen LogP contribution in [0.25, 0.3) is 0 Å². The van der Waals surface area contributed by atoms with Crippen molar-refractivity contribution in [2.45, 2.75) is 0 Å². The van der Waals surface area contributed by atoms with Gasteiger partial charge in [0.25, 0.3) is 0 Å². The molecule has 2 nitrogen and oxygen atoms in total. The number of carbonyl (C=O) groups is 1. The first-order chi connectivity index (χ1) is 9.04. The second kappa shape index (κ2) is 5.36. The van der Waals surface area contributed by atoms with Gasteiger partial charge in [-0.25, -0.2) is 8.78 Å². The number of methoxy groups -OCH3 is 1. The second-order valence-corrected chi connectivity index (χ2v) is 4.21. The van der Waals surface area contributed by atoms with Gasteiger partial charge in [0.2, 0.25) is 0 Å². The van der Waals surface area contributed by atoms with Crippen LogP contribution >= 0.6 is 11.6 Å². The molecule has 0 aliphatic rings. The topological polar surface area (TPSA) is 26.3 Å². The van der Waals surface area contributed by atoms with Crippen molar-refractivity contribution in [3.63, 3.8) is 0 Å². The molecule has 0 atom stereocenters. The molecular weight excluding hydrogens is 274 g/mol. The standard InChI is InChI=1S/C14H9ClF2O2/c1-19-12-4-2-3-10(13(12)17)14(18)9-6-5-8(15)7-11(9)16/h2-7H,1H3.